The average molecular weight is 340 g/mol. The standard InChI is InChI=1S/C17H25N3O2.ClH/c1-20(2)15(21)14-7-5-6-13(12-14)8-11-19-16(22)17(18)9-3-4-10-17;/h5-7,12H,3-4,8-11,18H2,1-2H3,(H,19,22);1H. The lowest BCUT2D eigenvalue weighted by atomic mass is 9.98. The molecule has 1 saturated carbocycles. The van der Waals surface area contributed by atoms with Crippen LogP contribution in [-0.4, -0.2) is 42.9 Å². The van der Waals surface area contributed by atoms with Crippen LogP contribution in [0.3, 0.4) is 0 Å². The van der Waals surface area contributed by atoms with E-state index in [4.69, 9.17) is 5.73 Å². The molecule has 0 unspecified atom stereocenters. The zero-order valence-corrected chi connectivity index (χ0v) is 14.6. The Labute approximate surface area is 144 Å². The maximum atomic E-state index is 12.1. The molecule has 5 nitrogen and oxygen atoms in total. The molecular formula is C17H26ClN3O2. The van der Waals surface area contributed by atoms with E-state index in [1.165, 1.54) is 0 Å². The van der Waals surface area contributed by atoms with Crippen LogP contribution in [0.25, 0.3) is 0 Å². The van der Waals surface area contributed by atoms with E-state index < -0.39 is 5.54 Å². The number of amides is 2. The molecule has 0 bridgehead atoms. The Kier molecular flexibility index (Phi) is 7.03. The van der Waals surface area contributed by atoms with E-state index in [1.807, 2.05) is 18.2 Å². The third-order valence-corrected chi connectivity index (χ3v) is 4.23. The molecule has 0 aromatic heterocycles. The first kappa shape index (κ1) is 19.5. The van der Waals surface area contributed by atoms with Gasteiger partial charge in [-0.15, -0.1) is 12.4 Å². The summed E-state index contributed by atoms with van der Waals surface area (Å²) in [7, 11) is 3.47. The highest BCUT2D eigenvalue weighted by Crippen LogP contribution is 2.27. The fourth-order valence-corrected chi connectivity index (χ4v) is 2.85. The maximum absolute atomic E-state index is 12.1. The SMILES string of the molecule is CN(C)C(=O)c1cccc(CCNC(=O)C2(N)CCCC2)c1.Cl. The monoisotopic (exact) mass is 339 g/mol. The molecule has 23 heavy (non-hydrogen) atoms. The van der Waals surface area contributed by atoms with Gasteiger partial charge < -0.3 is 16.0 Å². The molecule has 6 heteroatoms. The number of carbonyl (C=O) groups excluding carboxylic acids is 2. The fourth-order valence-electron chi connectivity index (χ4n) is 2.85. The fraction of sp³-hybridized carbons (Fsp3) is 0.529. The maximum Gasteiger partial charge on any atom is 0.253 e. The van der Waals surface area contributed by atoms with E-state index >= 15 is 0 Å². The predicted octanol–water partition coefficient (Wildman–Crippen LogP) is 1.74. The number of hydrogen-bond donors (Lipinski definition) is 2. The van der Waals surface area contributed by atoms with Gasteiger partial charge >= 0.3 is 0 Å². The van der Waals surface area contributed by atoms with Gasteiger partial charge in [0.1, 0.15) is 0 Å². The first-order valence-corrected chi connectivity index (χ1v) is 7.80. The molecule has 0 atom stereocenters. The molecule has 1 aromatic carbocycles. The van der Waals surface area contributed by atoms with Crippen LogP contribution in [0.15, 0.2) is 24.3 Å². The van der Waals surface area contributed by atoms with E-state index in [2.05, 4.69) is 5.32 Å². The quantitative estimate of drug-likeness (QED) is 0.858. The molecule has 0 aliphatic heterocycles. The van der Waals surface area contributed by atoms with Crippen molar-refractivity contribution >= 4 is 24.2 Å². The van der Waals surface area contributed by atoms with Gasteiger partial charge in [-0.3, -0.25) is 9.59 Å². The number of nitrogens with two attached hydrogens (primary N) is 1. The molecule has 0 spiro atoms. The molecule has 2 rings (SSSR count). The first-order chi connectivity index (χ1) is 10.4. The zero-order chi connectivity index (χ0) is 16.2. The summed E-state index contributed by atoms with van der Waals surface area (Å²) in [5, 5.41) is 2.93. The highest BCUT2D eigenvalue weighted by atomic mass is 35.5. The van der Waals surface area contributed by atoms with Crippen LogP contribution in [0.4, 0.5) is 0 Å². The average Bonchev–Trinajstić information content (AvgIpc) is 2.95. The lowest BCUT2D eigenvalue weighted by Crippen LogP contribution is -2.52. The molecule has 1 aliphatic rings. The summed E-state index contributed by atoms with van der Waals surface area (Å²) in [4.78, 5) is 25.6. The largest absolute Gasteiger partial charge is 0.354 e. The summed E-state index contributed by atoms with van der Waals surface area (Å²) < 4.78 is 0. The normalized spacial score (nSPS) is 15.6. The van der Waals surface area contributed by atoms with Crippen LogP contribution in [0.2, 0.25) is 0 Å². The van der Waals surface area contributed by atoms with Crippen molar-refractivity contribution in [3.8, 4) is 0 Å². The number of nitrogens with zero attached hydrogens (tertiary/aromatic N) is 1. The Morgan fingerprint density at radius 3 is 2.52 bits per heavy atom. The van der Waals surface area contributed by atoms with E-state index in [9.17, 15) is 9.59 Å². The molecular weight excluding hydrogens is 314 g/mol. The minimum absolute atomic E-state index is 0. The Hall–Kier alpha value is -1.59. The summed E-state index contributed by atoms with van der Waals surface area (Å²) in [5.41, 5.74) is 7.14. The highest BCUT2D eigenvalue weighted by Gasteiger charge is 2.36. The van der Waals surface area contributed by atoms with Crippen molar-refractivity contribution in [2.45, 2.75) is 37.6 Å². The molecule has 3 N–H and O–H groups in total. The van der Waals surface area contributed by atoms with Crippen molar-refractivity contribution in [1.29, 1.82) is 0 Å². The molecule has 1 fully saturated rings. The number of halogens is 1. The van der Waals surface area contributed by atoms with Crippen LogP contribution in [-0.2, 0) is 11.2 Å². The lowest BCUT2D eigenvalue weighted by Gasteiger charge is -2.22. The van der Waals surface area contributed by atoms with Crippen LogP contribution in [0.1, 0.15) is 41.6 Å². The van der Waals surface area contributed by atoms with Crippen molar-refractivity contribution in [3.63, 3.8) is 0 Å². The van der Waals surface area contributed by atoms with Crippen molar-refractivity contribution in [1.82, 2.24) is 10.2 Å². The molecule has 2 amide bonds. The molecule has 128 valence electrons. The Balaban J connectivity index is 0.00000264. The second kappa shape index (κ2) is 8.31. The topological polar surface area (TPSA) is 75.4 Å². The molecule has 0 saturated heterocycles. The van der Waals surface area contributed by atoms with E-state index in [1.54, 1.807) is 25.1 Å². The van der Waals surface area contributed by atoms with Gasteiger partial charge in [-0.2, -0.15) is 0 Å². The third kappa shape index (κ3) is 4.94. The second-order valence-electron chi connectivity index (χ2n) is 6.27. The summed E-state index contributed by atoms with van der Waals surface area (Å²) in [6.45, 7) is 0.539. The summed E-state index contributed by atoms with van der Waals surface area (Å²) in [6, 6.07) is 7.52. The molecule has 0 radical (unpaired) electrons. The first-order valence-electron chi connectivity index (χ1n) is 7.80. The smallest absolute Gasteiger partial charge is 0.253 e. The van der Waals surface area contributed by atoms with Crippen molar-refractivity contribution < 1.29 is 9.59 Å². The predicted molar refractivity (Wildman–Crippen MR) is 93.8 cm³/mol. The zero-order valence-electron chi connectivity index (χ0n) is 13.8. The lowest BCUT2D eigenvalue weighted by molar-refractivity contribution is -0.126. The van der Waals surface area contributed by atoms with Gasteiger partial charge in [-0.1, -0.05) is 25.0 Å². The second-order valence-corrected chi connectivity index (χ2v) is 6.27. The van der Waals surface area contributed by atoms with Crippen molar-refractivity contribution in [3.05, 3.63) is 35.4 Å². The van der Waals surface area contributed by atoms with Gasteiger partial charge in [-0.25, -0.2) is 0 Å². The van der Waals surface area contributed by atoms with Crippen molar-refractivity contribution in [2.75, 3.05) is 20.6 Å². The molecule has 0 heterocycles. The Morgan fingerprint density at radius 2 is 1.91 bits per heavy atom. The summed E-state index contributed by atoms with van der Waals surface area (Å²) in [6.07, 6.45) is 4.28. The van der Waals surface area contributed by atoms with E-state index in [-0.39, 0.29) is 24.2 Å². The summed E-state index contributed by atoms with van der Waals surface area (Å²) >= 11 is 0. The van der Waals surface area contributed by atoms with Crippen molar-refractivity contribution in [2.24, 2.45) is 5.73 Å². The minimum atomic E-state index is -0.678. The van der Waals surface area contributed by atoms with Crippen LogP contribution in [0.5, 0.6) is 0 Å². The van der Waals surface area contributed by atoms with E-state index in [0.29, 0.717) is 18.5 Å². The van der Waals surface area contributed by atoms with Crippen LogP contribution in [0, 0.1) is 0 Å². The van der Waals surface area contributed by atoms with Gasteiger partial charge in [0.15, 0.2) is 0 Å². The summed E-state index contributed by atoms with van der Waals surface area (Å²) in [5.74, 6) is -0.0664. The minimum Gasteiger partial charge on any atom is -0.354 e. The Bertz CT molecular complexity index is 555. The van der Waals surface area contributed by atoms with Gasteiger partial charge in [0.25, 0.3) is 5.91 Å². The molecule has 1 aromatic rings. The van der Waals surface area contributed by atoms with Crippen LogP contribution < -0.4 is 11.1 Å². The van der Waals surface area contributed by atoms with Gasteiger partial charge in [0, 0.05) is 26.2 Å². The third-order valence-electron chi connectivity index (χ3n) is 4.23. The van der Waals surface area contributed by atoms with Gasteiger partial charge in [-0.05, 0) is 37.0 Å². The Morgan fingerprint density at radius 1 is 1.26 bits per heavy atom. The number of carbonyl (C=O) groups is 2. The number of hydrogen-bond acceptors (Lipinski definition) is 3. The van der Waals surface area contributed by atoms with Crippen LogP contribution >= 0.6 is 12.4 Å². The van der Waals surface area contributed by atoms with Gasteiger partial charge in [0.05, 0.1) is 5.54 Å². The van der Waals surface area contributed by atoms with Gasteiger partial charge in [0.2, 0.25) is 5.91 Å². The molecule has 1 aliphatic carbocycles. The number of rotatable bonds is 5. The van der Waals surface area contributed by atoms with E-state index in [0.717, 1.165) is 31.2 Å². The highest BCUT2D eigenvalue weighted by molar-refractivity contribution is 5.94. The number of nitrogens with one attached hydrogen (secondary N) is 1. The number of benzene rings is 1.